The van der Waals surface area contributed by atoms with Crippen molar-refractivity contribution in [2.75, 3.05) is 25.0 Å². The summed E-state index contributed by atoms with van der Waals surface area (Å²) in [7, 11) is 1.86. The van der Waals surface area contributed by atoms with E-state index in [9.17, 15) is 4.79 Å². The first kappa shape index (κ1) is 13.9. The van der Waals surface area contributed by atoms with Crippen LogP contribution >= 0.6 is 0 Å². The van der Waals surface area contributed by atoms with Gasteiger partial charge in [-0.3, -0.25) is 9.69 Å². The monoisotopic (exact) mass is 262 g/mol. The van der Waals surface area contributed by atoms with E-state index in [0.717, 1.165) is 13.1 Å². The van der Waals surface area contributed by atoms with Gasteiger partial charge in [-0.05, 0) is 38.4 Å². The molecule has 1 aliphatic rings. The number of rotatable bonds is 5. The van der Waals surface area contributed by atoms with Crippen molar-refractivity contribution in [1.29, 1.82) is 0 Å². The Bertz CT molecular complexity index is 442. The number of hydrogen-bond donors (Lipinski definition) is 1. The highest BCUT2D eigenvalue weighted by Gasteiger charge is 2.20. The molecule has 1 aliphatic heterocycles. The molecule has 4 nitrogen and oxygen atoms in total. The number of carboxylic acids is 1. The van der Waals surface area contributed by atoms with Gasteiger partial charge >= 0.3 is 5.97 Å². The zero-order valence-electron chi connectivity index (χ0n) is 11.7. The number of para-hydroxylation sites is 1. The minimum Gasteiger partial charge on any atom is -0.480 e. The second kappa shape index (κ2) is 6.06. The lowest BCUT2D eigenvalue weighted by molar-refractivity contribution is -0.142. The molecule has 0 saturated carbocycles. The zero-order chi connectivity index (χ0) is 13.8. The van der Waals surface area contributed by atoms with E-state index in [1.54, 1.807) is 6.92 Å². The molecule has 1 heterocycles. The minimum atomic E-state index is -0.777. The quantitative estimate of drug-likeness (QED) is 0.883. The number of carbonyl (C=O) groups is 1. The van der Waals surface area contributed by atoms with Crippen LogP contribution in [0.3, 0.4) is 0 Å². The van der Waals surface area contributed by atoms with Crippen molar-refractivity contribution < 1.29 is 9.90 Å². The SMILES string of the molecule is CC(C(=O)O)N(C)Cc1ccccc1N1CCCC1. The highest BCUT2D eigenvalue weighted by atomic mass is 16.4. The van der Waals surface area contributed by atoms with Gasteiger partial charge in [0.1, 0.15) is 6.04 Å². The predicted molar refractivity (Wildman–Crippen MR) is 76.5 cm³/mol. The van der Waals surface area contributed by atoms with Crippen molar-refractivity contribution in [1.82, 2.24) is 4.90 Å². The fourth-order valence-corrected chi connectivity index (χ4v) is 2.51. The largest absolute Gasteiger partial charge is 0.480 e. The Morgan fingerprint density at radius 3 is 2.63 bits per heavy atom. The predicted octanol–water partition coefficient (Wildman–Crippen LogP) is 2.19. The van der Waals surface area contributed by atoms with Gasteiger partial charge in [-0.15, -0.1) is 0 Å². The molecule has 0 aliphatic carbocycles. The summed E-state index contributed by atoms with van der Waals surface area (Å²) >= 11 is 0. The van der Waals surface area contributed by atoms with Gasteiger partial charge in [-0.1, -0.05) is 18.2 Å². The van der Waals surface area contributed by atoms with Gasteiger partial charge in [0.05, 0.1) is 0 Å². The summed E-state index contributed by atoms with van der Waals surface area (Å²) < 4.78 is 0. The molecule has 0 bridgehead atoms. The molecule has 1 fully saturated rings. The van der Waals surface area contributed by atoms with Crippen LogP contribution in [0.5, 0.6) is 0 Å². The lowest BCUT2D eigenvalue weighted by Crippen LogP contribution is -2.35. The Balaban J connectivity index is 2.13. The lowest BCUT2D eigenvalue weighted by Gasteiger charge is -2.26. The summed E-state index contributed by atoms with van der Waals surface area (Å²) in [6.07, 6.45) is 2.49. The third kappa shape index (κ3) is 3.26. The molecule has 4 heteroatoms. The summed E-state index contributed by atoms with van der Waals surface area (Å²) in [5, 5.41) is 9.06. The average molecular weight is 262 g/mol. The van der Waals surface area contributed by atoms with Crippen LogP contribution in [0.2, 0.25) is 0 Å². The maximum atomic E-state index is 11.0. The molecule has 1 atom stereocenters. The second-order valence-corrected chi connectivity index (χ2v) is 5.25. The third-order valence-electron chi connectivity index (χ3n) is 3.88. The molecule has 1 unspecified atom stereocenters. The lowest BCUT2D eigenvalue weighted by atomic mass is 10.1. The molecule has 0 amide bonds. The number of nitrogens with zero attached hydrogens (tertiary/aromatic N) is 2. The van der Waals surface area contributed by atoms with Crippen LogP contribution < -0.4 is 4.90 Å². The Hall–Kier alpha value is -1.55. The van der Waals surface area contributed by atoms with E-state index >= 15 is 0 Å². The van der Waals surface area contributed by atoms with Crippen LogP contribution in [0.4, 0.5) is 5.69 Å². The topological polar surface area (TPSA) is 43.8 Å². The summed E-state index contributed by atoms with van der Waals surface area (Å²) in [6, 6.07) is 7.84. The second-order valence-electron chi connectivity index (χ2n) is 5.25. The van der Waals surface area contributed by atoms with E-state index in [2.05, 4.69) is 23.1 Å². The van der Waals surface area contributed by atoms with Crippen LogP contribution in [0, 0.1) is 0 Å². The van der Waals surface area contributed by atoms with Gasteiger partial charge in [-0.2, -0.15) is 0 Å². The van der Waals surface area contributed by atoms with E-state index in [0.29, 0.717) is 6.54 Å². The molecule has 1 saturated heterocycles. The van der Waals surface area contributed by atoms with Crippen LogP contribution in [-0.2, 0) is 11.3 Å². The van der Waals surface area contributed by atoms with Crippen molar-refractivity contribution in [3.8, 4) is 0 Å². The molecule has 1 aromatic carbocycles. The van der Waals surface area contributed by atoms with Crippen LogP contribution in [0.15, 0.2) is 24.3 Å². The third-order valence-corrected chi connectivity index (χ3v) is 3.88. The Labute approximate surface area is 114 Å². The van der Waals surface area contributed by atoms with E-state index < -0.39 is 12.0 Å². The molecule has 1 N–H and O–H groups in total. The van der Waals surface area contributed by atoms with Crippen LogP contribution in [0.25, 0.3) is 0 Å². The summed E-state index contributed by atoms with van der Waals surface area (Å²) in [4.78, 5) is 15.3. The fourth-order valence-electron chi connectivity index (χ4n) is 2.51. The standard InChI is InChI=1S/C15H22N2O2/c1-12(15(18)19)16(2)11-13-7-3-4-8-14(13)17-9-5-6-10-17/h3-4,7-8,12H,5-6,9-11H2,1-2H3,(H,18,19). The van der Waals surface area contributed by atoms with Gasteiger partial charge in [0.2, 0.25) is 0 Å². The molecule has 0 aromatic heterocycles. The number of carboxylic acid groups (broad SMARTS) is 1. The van der Waals surface area contributed by atoms with Crippen molar-refractivity contribution >= 4 is 11.7 Å². The van der Waals surface area contributed by atoms with E-state index in [-0.39, 0.29) is 0 Å². The summed E-state index contributed by atoms with van der Waals surface area (Å²) in [6.45, 7) is 4.60. The summed E-state index contributed by atoms with van der Waals surface area (Å²) in [5.41, 5.74) is 2.46. The number of aliphatic carboxylic acids is 1. The highest BCUT2D eigenvalue weighted by Crippen LogP contribution is 2.25. The zero-order valence-corrected chi connectivity index (χ0v) is 11.7. The van der Waals surface area contributed by atoms with Crippen LogP contribution in [-0.4, -0.2) is 42.2 Å². The van der Waals surface area contributed by atoms with Crippen LogP contribution in [0.1, 0.15) is 25.3 Å². The maximum absolute atomic E-state index is 11.0. The first-order chi connectivity index (χ1) is 9.09. The Morgan fingerprint density at radius 1 is 1.37 bits per heavy atom. The molecule has 2 rings (SSSR count). The molecular formula is C15H22N2O2. The molecular weight excluding hydrogens is 240 g/mol. The first-order valence-electron chi connectivity index (χ1n) is 6.85. The van der Waals surface area contributed by atoms with Gasteiger partial charge in [0.15, 0.2) is 0 Å². The number of anilines is 1. The van der Waals surface area contributed by atoms with E-state index in [4.69, 9.17) is 5.11 Å². The van der Waals surface area contributed by atoms with Crippen molar-refractivity contribution in [3.63, 3.8) is 0 Å². The first-order valence-corrected chi connectivity index (χ1v) is 6.85. The smallest absolute Gasteiger partial charge is 0.320 e. The highest BCUT2D eigenvalue weighted by molar-refractivity contribution is 5.72. The number of hydrogen-bond acceptors (Lipinski definition) is 3. The minimum absolute atomic E-state index is 0.466. The van der Waals surface area contributed by atoms with Gasteiger partial charge in [0, 0.05) is 25.3 Å². The Kier molecular flexibility index (Phi) is 4.43. The van der Waals surface area contributed by atoms with Crippen molar-refractivity contribution in [2.45, 2.75) is 32.4 Å². The van der Waals surface area contributed by atoms with E-state index in [1.165, 1.54) is 24.1 Å². The maximum Gasteiger partial charge on any atom is 0.320 e. The Morgan fingerprint density at radius 2 is 2.00 bits per heavy atom. The molecule has 0 spiro atoms. The molecule has 0 radical (unpaired) electrons. The van der Waals surface area contributed by atoms with Crippen molar-refractivity contribution in [3.05, 3.63) is 29.8 Å². The molecule has 1 aromatic rings. The fraction of sp³-hybridized carbons (Fsp3) is 0.533. The van der Waals surface area contributed by atoms with Gasteiger partial charge < -0.3 is 10.0 Å². The summed E-state index contributed by atoms with van der Waals surface area (Å²) in [5.74, 6) is -0.777. The number of likely N-dealkylation sites (N-methyl/N-ethyl adjacent to an activating group) is 1. The van der Waals surface area contributed by atoms with E-state index in [1.807, 2.05) is 18.0 Å². The normalized spacial score (nSPS) is 16.9. The van der Waals surface area contributed by atoms with Gasteiger partial charge in [-0.25, -0.2) is 0 Å². The van der Waals surface area contributed by atoms with Gasteiger partial charge in [0.25, 0.3) is 0 Å². The van der Waals surface area contributed by atoms with Crippen molar-refractivity contribution in [2.24, 2.45) is 0 Å². The number of benzene rings is 1. The molecule has 19 heavy (non-hydrogen) atoms. The average Bonchev–Trinajstić information content (AvgIpc) is 2.92. The molecule has 104 valence electrons.